The first kappa shape index (κ1) is 12.2. The number of aromatic nitrogens is 1. The smallest absolute Gasteiger partial charge is 0.284 e. The van der Waals surface area contributed by atoms with Gasteiger partial charge in [-0.2, -0.15) is 4.98 Å². The van der Waals surface area contributed by atoms with Gasteiger partial charge in [-0.1, -0.05) is 42.5 Å². The molecule has 0 aliphatic heterocycles. The summed E-state index contributed by atoms with van der Waals surface area (Å²) in [6, 6.07) is 15.8. The van der Waals surface area contributed by atoms with Gasteiger partial charge < -0.3 is 9.52 Å². The zero-order valence-electron chi connectivity index (χ0n) is 10.5. The van der Waals surface area contributed by atoms with E-state index in [0.717, 1.165) is 0 Å². The molecule has 0 bridgehead atoms. The minimum absolute atomic E-state index is 0.00321. The molecule has 1 N–H and O–H groups in total. The van der Waals surface area contributed by atoms with Crippen molar-refractivity contribution in [3.8, 4) is 0 Å². The summed E-state index contributed by atoms with van der Waals surface area (Å²) in [6.07, 6.45) is 1.34. The van der Waals surface area contributed by atoms with Gasteiger partial charge in [0, 0.05) is 11.6 Å². The van der Waals surface area contributed by atoms with Crippen LogP contribution < -0.4 is 5.56 Å². The van der Waals surface area contributed by atoms with Gasteiger partial charge in [0.2, 0.25) is 5.89 Å². The van der Waals surface area contributed by atoms with Crippen molar-refractivity contribution in [2.75, 3.05) is 0 Å². The van der Waals surface area contributed by atoms with Crippen LogP contribution in [-0.4, -0.2) is 10.1 Å². The van der Waals surface area contributed by atoms with E-state index in [-0.39, 0.29) is 17.2 Å². The van der Waals surface area contributed by atoms with Crippen LogP contribution >= 0.6 is 0 Å². The Kier molecular flexibility index (Phi) is 3.05. The minimum Gasteiger partial charge on any atom is -0.507 e. The zero-order chi connectivity index (χ0) is 13.9. The second kappa shape index (κ2) is 5.01. The summed E-state index contributed by atoms with van der Waals surface area (Å²) in [5, 5.41) is 10.4. The summed E-state index contributed by atoms with van der Waals surface area (Å²) in [4.78, 5) is 15.6. The van der Waals surface area contributed by atoms with Crippen molar-refractivity contribution >= 4 is 22.8 Å². The van der Waals surface area contributed by atoms with E-state index >= 15 is 0 Å². The fraction of sp³-hybridized carbons (Fsp3) is 0. The minimum atomic E-state index is -0.376. The van der Waals surface area contributed by atoms with Gasteiger partial charge in [0.1, 0.15) is 11.3 Å². The molecular weight excluding hydrogens is 254 g/mol. The van der Waals surface area contributed by atoms with Crippen molar-refractivity contribution in [1.82, 2.24) is 4.98 Å². The van der Waals surface area contributed by atoms with Gasteiger partial charge in [-0.05, 0) is 12.1 Å². The average Bonchev–Trinajstić information content (AvgIpc) is 2.48. The Morgan fingerprint density at radius 3 is 2.55 bits per heavy atom. The highest BCUT2D eigenvalue weighted by atomic mass is 16.3. The van der Waals surface area contributed by atoms with E-state index in [1.54, 1.807) is 36.4 Å². The summed E-state index contributed by atoms with van der Waals surface area (Å²) in [5.74, 6) is 0.0755. The molecular formula is C16H11NO3. The molecule has 0 saturated heterocycles. The maximum atomic E-state index is 11.8. The van der Waals surface area contributed by atoms with E-state index in [2.05, 4.69) is 4.98 Å². The van der Waals surface area contributed by atoms with E-state index in [0.29, 0.717) is 16.5 Å². The number of benzene rings is 2. The molecule has 3 rings (SSSR count). The standard InChI is InChI=1S/C16H11NO3/c18-13(11-6-2-1-3-7-11)10-15-17-16(19)12-8-4-5-9-14(12)20-15/h1-10,18H/b13-10-. The maximum Gasteiger partial charge on any atom is 0.284 e. The zero-order valence-corrected chi connectivity index (χ0v) is 10.5. The highest BCUT2D eigenvalue weighted by Crippen LogP contribution is 2.16. The van der Waals surface area contributed by atoms with Gasteiger partial charge in [-0.3, -0.25) is 4.79 Å². The predicted molar refractivity (Wildman–Crippen MR) is 77.2 cm³/mol. The van der Waals surface area contributed by atoms with Crippen LogP contribution in [-0.2, 0) is 0 Å². The van der Waals surface area contributed by atoms with E-state index in [1.165, 1.54) is 6.08 Å². The second-order valence-corrected chi connectivity index (χ2v) is 4.25. The molecule has 0 radical (unpaired) electrons. The molecule has 20 heavy (non-hydrogen) atoms. The molecule has 0 amide bonds. The van der Waals surface area contributed by atoms with E-state index in [9.17, 15) is 9.90 Å². The van der Waals surface area contributed by atoms with Gasteiger partial charge in [-0.25, -0.2) is 0 Å². The molecule has 2 aromatic carbocycles. The van der Waals surface area contributed by atoms with Crippen molar-refractivity contribution in [3.05, 3.63) is 76.4 Å². The maximum absolute atomic E-state index is 11.8. The van der Waals surface area contributed by atoms with Crippen molar-refractivity contribution in [2.45, 2.75) is 0 Å². The van der Waals surface area contributed by atoms with Gasteiger partial charge >= 0.3 is 0 Å². The number of rotatable bonds is 2. The van der Waals surface area contributed by atoms with Crippen LogP contribution in [0.4, 0.5) is 0 Å². The predicted octanol–water partition coefficient (Wildman–Crippen LogP) is 3.24. The van der Waals surface area contributed by atoms with Gasteiger partial charge in [0.15, 0.2) is 0 Å². The van der Waals surface area contributed by atoms with Crippen molar-refractivity contribution in [1.29, 1.82) is 0 Å². The summed E-state index contributed by atoms with van der Waals surface area (Å²) in [7, 11) is 0. The lowest BCUT2D eigenvalue weighted by molar-refractivity contribution is 0.510. The van der Waals surface area contributed by atoms with Crippen LogP contribution in [0.3, 0.4) is 0 Å². The van der Waals surface area contributed by atoms with E-state index < -0.39 is 0 Å². The fourth-order valence-corrected chi connectivity index (χ4v) is 1.90. The lowest BCUT2D eigenvalue weighted by atomic mass is 10.2. The lowest BCUT2D eigenvalue weighted by Gasteiger charge is -2.00. The van der Waals surface area contributed by atoms with E-state index in [1.807, 2.05) is 18.2 Å². The summed E-state index contributed by atoms with van der Waals surface area (Å²) < 4.78 is 5.49. The molecule has 0 atom stereocenters. The summed E-state index contributed by atoms with van der Waals surface area (Å²) in [5.41, 5.74) is 0.698. The Labute approximate surface area is 114 Å². The Hall–Kier alpha value is -2.88. The molecule has 3 aromatic rings. The van der Waals surface area contributed by atoms with Crippen LogP contribution in [0.5, 0.6) is 0 Å². The molecule has 0 saturated carbocycles. The Morgan fingerprint density at radius 1 is 1.05 bits per heavy atom. The molecule has 1 heterocycles. The average molecular weight is 265 g/mol. The lowest BCUT2D eigenvalue weighted by Crippen LogP contribution is -2.07. The summed E-state index contributed by atoms with van der Waals surface area (Å²) >= 11 is 0. The highest BCUT2D eigenvalue weighted by molar-refractivity contribution is 5.78. The second-order valence-electron chi connectivity index (χ2n) is 4.25. The number of para-hydroxylation sites is 1. The molecule has 0 aliphatic carbocycles. The number of hydrogen-bond acceptors (Lipinski definition) is 4. The number of fused-ring (bicyclic) bond motifs is 1. The third-order valence-electron chi connectivity index (χ3n) is 2.87. The normalized spacial score (nSPS) is 11.7. The highest BCUT2D eigenvalue weighted by Gasteiger charge is 2.05. The fourth-order valence-electron chi connectivity index (χ4n) is 1.90. The van der Waals surface area contributed by atoms with Gasteiger partial charge in [0.05, 0.1) is 5.39 Å². The first-order valence-electron chi connectivity index (χ1n) is 6.10. The number of hydrogen-bond donors (Lipinski definition) is 1. The van der Waals surface area contributed by atoms with Crippen LogP contribution in [0.25, 0.3) is 22.8 Å². The first-order chi connectivity index (χ1) is 9.74. The molecule has 1 aromatic heterocycles. The van der Waals surface area contributed by atoms with Crippen LogP contribution in [0.1, 0.15) is 11.5 Å². The largest absolute Gasteiger partial charge is 0.507 e. The molecule has 98 valence electrons. The van der Waals surface area contributed by atoms with Gasteiger partial charge in [-0.15, -0.1) is 0 Å². The molecule has 4 nitrogen and oxygen atoms in total. The molecule has 4 heteroatoms. The molecule has 0 spiro atoms. The van der Waals surface area contributed by atoms with Crippen molar-refractivity contribution < 1.29 is 9.52 Å². The van der Waals surface area contributed by atoms with Crippen LogP contribution in [0.2, 0.25) is 0 Å². The quantitative estimate of drug-likeness (QED) is 0.722. The first-order valence-corrected chi connectivity index (χ1v) is 6.10. The molecule has 0 fully saturated rings. The Balaban J connectivity index is 2.09. The monoisotopic (exact) mass is 265 g/mol. The Morgan fingerprint density at radius 2 is 1.75 bits per heavy atom. The van der Waals surface area contributed by atoms with Crippen molar-refractivity contribution in [2.24, 2.45) is 0 Å². The molecule has 0 unspecified atom stereocenters. The summed E-state index contributed by atoms with van der Waals surface area (Å²) in [6.45, 7) is 0. The van der Waals surface area contributed by atoms with Gasteiger partial charge in [0.25, 0.3) is 5.56 Å². The third-order valence-corrected chi connectivity index (χ3v) is 2.87. The SMILES string of the molecule is O=c1nc(/C=C(\O)c2ccccc2)oc2ccccc12. The molecule has 0 aliphatic rings. The number of nitrogens with zero attached hydrogens (tertiary/aromatic N) is 1. The third kappa shape index (κ3) is 2.31. The van der Waals surface area contributed by atoms with E-state index in [4.69, 9.17) is 4.42 Å². The topological polar surface area (TPSA) is 63.3 Å². The Bertz CT molecular complexity index is 835. The van der Waals surface area contributed by atoms with Crippen LogP contribution in [0, 0.1) is 0 Å². The number of aliphatic hydroxyl groups excluding tert-OH is 1. The number of aliphatic hydroxyl groups is 1. The van der Waals surface area contributed by atoms with Crippen LogP contribution in [0.15, 0.2) is 63.8 Å². The van der Waals surface area contributed by atoms with Crippen molar-refractivity contribution in [3.63, 3.8) is 0 Å².